The second-order valence-electron chi connectivity index (χ2n) is 7.24. The van der Waals surface area contributed by atoms with E-state index in [0.29, 0.717) is 54.0 Å². The average molecular weight is 505 g/mol. The van der Waals surface area contributed by atoms with E-state index < -0.39 is 11.8 Å². The molecule has 10 nitrogen and oxygen atoms in total. The molecule has 0 spiro atoms. The van der Waals surface area contributed by atoms with Crippen LogP contribution in [0.3, 0.4) is 0 Å². The number of carbonyl (C=O) groups excluding carboxylic acids is 3. The number of amides is 3. The number of hydrogen-bond donors (Lipinski definition) is 3. The van der Waals surface area contributed by atoms with Crippen LogP contribution in [0.2, 0.25) is 5.02 Å². The number of carbonyl (C=O) groups is 3. The van der Waals surface area contributed by atoms with E-state index in [1.807, 2.05) is 19.9 Å². The maximum atomic E-state index is 12.3. The molecule has 0 saturated heterocycles. The van der Waals surface area contributed by atoms with Gasteiger partial charge in [-0.1, -0.05) is 17.7 Å². The van der Waals surface area contributed by atoms with Crippen LogP contribution in [0.5, 0.6) is 11.5 Å². The molecule has 0 unspecified atom stereocenters. The molecule has 0 aromatic heterocycles. The van der Waals surface area contributed by atoms with Crippen LogP contribution in [-0.4, -0.2) is 57.4 Å². The molecule has 0 atom stereocenters. The van der Waals surface area contributed by atoms with Crippen molar-refractivity contribution in [1.29, 1.82) is 0 Å². The van der Waals surface area contributed by atoms with Crippen LogP contribution in [0.4, 0.5) is 5.69 Å². The van der Waals surface area contributed by atoms with E-state index in [-0.39, 0.29) is 12.5 Å². The molecule has 2 aromatic rings. The SMILES string of the molecule is CCOc1cc(/C=N\NC(=O)C(=O)NCCCOC)ccc1OCC(=O)Nc1cc(Cl)ccc1C. The van der Waals surface area contributed by atoms with Crippen molar-refractivity contribution < 1.29 is 28.6 Å². The van der Waals surface area contributed by atoms with E-state index in [0.717, 1.165) is 5.56 Å². The predicted molar refractivity (Wildman–Crippen MR) is 133 cm³/mol. The highest BCUT2D eigenvalue weighted by molar-refractivity contribution is 6.35. The Balaban J connectivity index is 1.93. The minimum atomic E-state index is -0.885. The molecule has 188 valence electrons. The lowest BCUT2D eigenvalue weighted by atomic mass is 10.2. The lowest BCUT2D eigenvalue weighted by Crippen LogP contribution is -2.38. The van der Waals surface area contributed by atoms with E-state index >= 15 is 0 Å². The number of benzene rings is 2. The number of anilines is 1. The van der Waals surface area contributed by atoms with E-state index in [2.05, 4.69) is 21.2 Å². The molecule has 0 aliphatic carbocycles. The normalized spacial score (nSPS) is 10.6. The van der Waals surface area contributed by atoms with Gasteiger partial charge >= 0.3 is 11.8 Å². The molecule has 0 fully saturated rings. The van der Waals surface area contributed by atoms with Gasteiger partial charge in [-0.25, -0.2) is 5.43 Å². The summed E-state index contributed by atoms with van der Waals surface area (Å²) in [6.07, 6.45) is 1.95. The van der Waals surface area contributed by atoms with Crippen molar-refractivity contribution in [2.24, 2.45) is 5.10 Å². The first kappa shape index (κ1) is 27.6. The zero-order valence-corrected chi connectivity index (χ0v) is 20.6. The van der Waals surface area contributed by atoms with E-state index in [4.69, 9.17) is 25.8 Å². The quantitative estimate of drug-likeness (QED) is 0.176. The molecule has 2 rings (SSSR count). The number of ether oxygens (including phenoxy) is 3. The third kappa shape index (κ3) is 9.63. The molecule has 3 amide bonds. The van der Waals surface area contributed by atoms with Gasteiger partial charge in [0.1, 0.15) is 0 Å². The molecule has 0 aliphatic heterocycles. The summed E-state index contributed by atoms with van der Waals surface area (Å²) in [5.74, 6) is -1.27. The van der Waals surface area contributed by atoms with Crippen LogP contribution in [0.25, 0.3) is 0 Å². The molecular weight excluding hydrogens is 476 g/mol. The fraction of sp³-hybridized carbons (Fsp3) is 0.333. The van der Waals surface area contributed by atoms with Gasteiger partial charge in [0.25, 0.3) is 5.91 Å². The number of halogens is 1. The predicted octanol–water partition coefficient (Wildman–Crippen LogP) is 2.67. The monoisotopic (exact) mass is 504 g/mol. The van der Waals surface area contributed by atoms with Gasteiger partial charge in [0.2, 0.25) is 0 Å². The lowest BCUT2D eigenvalue weighted by molar-refractivity contribution is -0.139. The van der Waals surface area contributed by atoms with Gasteiger partial charge in [-0.15, -0.1) is 0 Å². The summed E-state index contributed by atoms with van der Waals surface area (Å²) >= 11 is 5.99. The second-order valence-corrected chi connectivity index (χ2v) is 7.67. The second kappa shape index (κ2) is 14.6. The number of rotatable bonds is 12. The minimum absolute atomic E-state index is 0.241. The van der Waals surface area contributed by atoms with Gasteiger partial charge in [0.15, 0.2) is 18.1 Å². The van der Waals surface area contributed by atoms with E-state index in [1.54, 1.807) is 37.4 Å². The highest BCUT2D eigenvalue weighted by Crippen LogP contribution is 2.28. The number of methoxy groups -OCH3 is 1. The maximum absolute atomic E-state index is 12.3. The topological polar surface area (TPSA) is 127 Å². The maximum Gasteiger partial charge on any atom is 0.329 e. The molecule has 0 radical (unpaired) electrons. The molecule has 2 aromatic carbocycles. The van der Waals surface area contributed by atoms with Gasteiger partial charge in [0, 0.05) is 31.0 Å². The summed E-state index contributed by atoms with van der Waals surface area (Å²) in [7, 11) is 1.55. The summed E-state index contributed by atoms with van der Waals surface area (Å²) in [4.78, 5) is 35.8. The van der Waals surface area contributed by atoms with Crippen LogP contribution < -0.4 is 25.5 Å². The van der Waals surface area contributed by atoms with Crippen molar-refractivity contribution in [3.63, 3.8) is 0 Å². The number of hydrogen-bond acceptors (Lipinski definition) is 7. The van der Waals surface area contributed by atoms with Gasteiger partial charge in [-0.05, 0) is 61.7 Å². The third-order valence-corrected chi connectivity index (χ3v) is 4.73. The minimum Gasteiger partial charge on any atom is -0.490 e. The van der Waals surface area contributed by atoms with Crippen molar-refractivity contribution in [3.05, 3.63) is 52.5 Å². The van der Waals surface area contributed by atoms with E-state index in [1.165, 1.54) is 6.21 Å². The van der Waals surface area contributed by atoms with Crippen molar-refractivity contribution in [1.82, 2.24) is 10.7 Å². The fourth-order valence-corrected chi connectivity index (χ4v) is 2.94. The first-order chi connectivity index (χ1) is 16.8. The Hall–Kier alpha value is -3.63. The van der Waals surface area contributed by atoms with Crippen LogP contribution >= 0.6 is 11.6 Å². The fourth-order valence-electron chi connectivity index (χ4n) is 2.77. The molecule has 0 saturated carbocycles. The molecule has 35 heavy (non-hydrogen) atoms. The molecule has 0 heterocycles. The number of aryl methyl sites for hydroxylation is 1. The third-order valence-electron chi connectivity index (χ3n) is 4.50. The van der Waals surface area contributed by atoms with Crippen LogP contribution in [0.1, 0.15) is 24.5 Å². The number of hydrazone groups is 1. The first-order valence-electron chi connectivity index (χ1n) is 10.9. The van der Waals surface area contributed by atoms with Gasteiger partial charge < -0.3 is 24.8 Å². The average Bonchev–Trinajstić information content (AvgIpc) is 2.83. The molecular formula is C24H29ClN4O6. The summed E-state index contributed by atoms with van der Waals surface area (Å²) in [5, 5.41) is 9.53. The van der Waals surface area contributed by atoms with Gasteiger partial charge in [-0.2, -0.15) is 5.10 Å². The Morgan fingerprint density at radius 2 is 1.86 bits per heavy atom. The van der Waals surface area contributed by atoms with E-state index in [9.17, 15) is 14.4 Å². The Morgan fingerprint density at radius 1 is 1.06 bits per heavy atom. The van der Waals surface area contributed by atoms with Crippen molar-refractivity contribution in [3.8, 4) is 11.5 Å². The zero-order chi connectivity index (χ0) is 25.6. The zero-order valence-electron chi connectivity index (χ0n) is 19.9. The first-order valence-corrected chi connectivity index (χ1v) is 11.3. The van der Waals surface area contributed by atoms with Crippen LogP contribution in [0, 0.1) is 6.92 Å². The standard InChI is InChI=1S/C24H29ClN4O6/c1-4-34-21-12-17(14-27-29-24(32)23(31)26-10-5-11-33-3)7-9-20(21)35-15-22(30)28-19-13-18(25)8-6-16(19)2/h6-9,12-14H,4-5,10-11,15H2,1-3H3,(H,26,31)(H,28,30)(H,29,32)/b27-14-. The van der Waals surface area contributed by atoms with Crippen molar-refractivity contribution >= 4 is 41.2 Å². The molecule has 11 heteroatoms. The summed E-state index contributed by atoms with van der Waals surface area (Å²) in [5.41, 5.74) is 4.22. The Bertz CT molecular complexity index is 1060. The van der Waals surface area contributed by atoms with Crippen molar-refractivity contribution in [2.45, 2.75) is 20.3 Å². The van der Waals surface area contributed by atoms with Crippen LogP contribution in [-0.2, 0) is 19.1 Å². The number of nitrogens with zero attached hydrogens (tertiary/aromatic N) is 1. The molecule has 0 bridgehead atoms. The Morgan fingerprint density at radius 3 is 2.60 bits per heavy atom. The highest BCUT2D eigenvalue weighted by atomic mass is 35.5. The van der Waals surface area contributed by atoms with Crippen molar-refractivity contribution in [2.75, 3.05) is 38.8 Å². The number of nitrogens with one attached hydrogen (secondary N) is 3. The summed E-state index contributed by atoms with van der Waals surface area (Å²) in [6, 6.07) is 10.1. The summed E-state index contributed by atoms with van der Waals surface area (Å²) in [6.45, 7) is 4.59. The van der Waals surface area contributed by atoms with Crippen LogP contribution in [0.15, 0.2) is 41.5 Å². The largest absolute Gasteiger partial charge is 0.490 e. The molecule has 0 aliphatic rings. The van der Waals surface area contributed by atoms with Gasteiger partial charge in [-0.3, -0.25) is 14.4 Å². The smallest absolute Gasteiger partial charge is 0.329 e. The van der Waals surface area contributed by atoms with Gasteiger partial charge in [0.05, 0.1) is 12.8 Å². The molecule has 3 N–H and O–H groups in total. The Kier molecular flexibility index (Phi) is 11.5. The summed E-state index contributed by atoms with van der Waals surface area (Å²) < 4.78 is 16.1. The lowest BCUT2D eigenvalue weighted by Gasteiger charge is -2.13. The highest BCUT2D eigenvalue weighted by Gasteiger charge is 2.12. The Labute approximate surface area is 209 Å².